The maximum absolute atomic E-state index is 12.8. The van der Waals surface area contributed by atoms with Crippen molar-refractivity contribution in [3.8, 4) is 11.3 Å². The average Bonchev–Trinajstić information content (AvgIpc) is 3.47. The first-order valence-corrected chi connectivity index (χ1v) is 9.93. The van der Waals surface area contributed by atoms with Crippen molar-refractivity contribution in [1.29, 1.82) is 0 Å². The highest BCUT2D eigenvalue weighted by Gasteiger charge is 2.38. The predicted octanol–water partition coefficient (Wildman–Crippen LogP) is 2.34. The highest BCUT2D eigenvalue weighted by Crippen LogP contribution is 2.24. The number of amides is 1. The molecule has 0 unspecified atom stereocenters. The zero-order valence-electron chi connectivity index (χ0n) is 16.7. The first kappa shape index (κ1) is 20.0. The third-order valence-corrected chi connectivity index (χ3v) is 5.22. The maximum Gasteiger partial charge on any atom is 0.231 e. The number of β-amino-alcohol motifs (C(OH)–C–C–N with tert-alkyl or cyclic N) is 1. The minimum atomic E-state index is -0.712. The van der Waals surface area contributed by atoms with E-state index in [1.807, 2.05) is 36.4 Å². The Morgan fingerprint density at radius 3 is 2.70 bits per heavy atom. The van der Waals surface area contributed by atoms with Crippen LogP contribution in [0.5, 0.6) is 0 Å². The van der Waals surface area contributed by atoms with Gasteiger partial charge in [0.2, 0.25) is 5.91 Å². The third kappa shape index (κ3) is 4.49. The number of aryl methyl sites for hydroxylation is 2. The number of likely N-dealkylation sites (tertiary alicyclic amines) is 1. The Morgan fingerprint density at radius 2 is 1.97 bits per heavy atom. The van der Waals surface area contributed by atoms with Gasteiger partial charge in [-0.1, -0.05) is 40.6 Å². The molecule has 0 aliphatic carbocycles. The third-order valence-electron chi connectivity index (χ3n) is 5.22. The largest absolute Gasteiger partial charge is 0.391 e. The van der Waals surface area contributed by atoms with Crippen molar-refractivity contribution in [2.75, 3.05) is 6.54 Å². The van der Waals surface area contributed by atoms with E-state index in [1.54, 1.807) is 13.0 Å². The molecule has 2 atom stereocenters. The monoisotopic (exact) mass is 409 g/mol. The second-order valence-corrected chi connectivity index (χ2v) is 7.58. The molecule has 0 bridgehead atoms. The molecule has 1 aliphatic heterocycles. The number of aliphatic hydroxyl groups is 1. The van der Waals surface area contributed by atoms with Crippen molar-refractivity contribution < 1.29 is 23.7 Å². The summed E-state index contributed by atoms with van der Waals surface area (Å²) in [4.78, 5) is 26.9. The Morgan fingerprint density at radius 1 is 1.17 bits per heavy atom. The Hall–Kier alpha value is -3.26. The Kier molecular flexibility index (Phi) is 5.76. The summed E-state index contributed by atoms with van der Waals surface area (Å²) in [5.41, 5.74) is 2.28. The number of Topliss-reactive ketones (excluding diaryl/α,β-unsaturated/α-hetero) is 1. The van der Waals surface area contributed by atoms with E-state index in [2.05, 4.69) is 10.3 Å². The van der Waals surface area contributed by atoms with Gasteiger partial charge in [-0.2, -0.15) is 0 Å². The van der Waals surface area contributed by atoms with E-state index in [0.29, 0.717) is 29.3 Å². The SMILES string of the molecule is Cc1cc(CC(=O)N2C[C@H](O)C[C@H]2C(=O)CCc2cc(-c3ccccc3)on2)on1. The van der Waals surface area contributed by atoms with Gasteiger partial charge in [-0.15, -0.1) is 0 Å². The standard InChI is InChI=1S/C22H23N3O5/c1-14-9-18(29-23-14)12-22(28)25-13-17(26)11-19(25)20(27)8-7-16-10-21(30-24-16)15-5-3-2-4-6-15/h2-6,9-10,17,19,26H,7-8,11-13H2,1H3/t17-,19+/m1/s1. The van der Waals surface area contributed by atoms with E-state index in [-0.39, 0.29) is 37.5 Å². The number of aliphatic hydroxyl groups excluding tert-OH is 1. The van der Waals surface area contributed by atoms with Gasteiger partial charge >= 0.3 is 0 Å². The molecule has 1 N–H and O–H groups in total. The number of hydrogen-bond donors (Lipinski definition) is 1. The van der Waals surface area contributed by atoms with E-state index in [9.17, 15) is 14.7 Å². The molecule has 1 aliphatic rings. The molecule has 3 heterocycles. The topological polar surface area (TPSA) is 110 Å². The molecule has 1 saturated heterocycles. The normalized spacial score (nSPS) is 18.7. The molecular formula is C22H23N3O5. The van der Waals surface area contributed by atoms with Gasteiger partial charge in [0.25, 0.3) is 0 Å². The fourth-order valence-corrected chi connectivity index (χ4v) is 3.73. The molecule has 8 nitrogen and oxygen atoms in total. The zero-order chi connectivity index (χ0) is 21.1. The van der Waals surface area contributed by atoms with Crippen LogP contribution in [0.15, 0.2) is 51.5 Å². The van der Waals surface area contributed by atoms with Crippen LogP contribution >= 0.6 is 0 Å². The van der Waals surface area contributed by atoms with Gasteiger partial charge in [0.05, 0.1) is 30.0 Å². The lowest BCUT2D eigenvalue weighted by Gasteiger charge is -2.22. The minimum Gasteiger partial charge on any atom is -0.391 e. The van der Waals surface area contributed by atoms with Crippen LogP contribution in [0.2, 0.25) is 0 Å². The van der Waals surface area contributed by atoms with Crippen LogP contribution in [0.3, 0.4) is 0 Å². The Labute approximate surface area is 173 Å². The number of carbonyl (C=O) groups is 2. The van der Waals surface area contributed by atoms with Gasteiger partial charge in [-0.25, -0.2) is 0 Å². The summed E-state index contributed by atoms with van der Waals surface area (Å²) in [7, 11) is 0. The van der Waals surface area contributed by atoms with Gasteiger partial charge in [-0.3, -0.25) is 9.59 Å². The van der Waals surface area contributed by atoms with E-state index < -0.39 is 12.1 Å². The van der Waals surface area contributed by atoms with Crippen LogP contribution in [0.25, 0.3) is 11.3 Å². The van der Waals surface area contributed by atoms with Crippen molar-refractivity contribution in [2.45, 2.75) is 44.8 Å². The molecule has 0 radical (unpaired) electrons. The predicted molar refractivity (Wildman–Crippen MR) is 106 cm³/mol. The van der Waals surface area contributed by atoms with Gasteiger partial charge in [0.15, 0.2) is 11.5 Å². The molecule has 156 valence electrons. The second-order valence-electron chi connectivity index (χ2n) is 7.58. The molecule has 0 saturated carbocycles. The zero-order valence-corrected chi connectivity index (χ0v) is 16.7. The van der Waals surface area contributed by atoms with Crippen LogP contribution in [0.4, 0.5) is 0 Å². The van der Waals surface area contributed by atoms with Gasteiger partial charge in [0.1, 0.15) is 5.76 Å². The summed E-state index contributed by atoms with van der Waals surface area (Å²) in [5.74, 6) is 0.737. The quantitative estimate of drug-likeness (QED) is 0.638. The molecule has 1 amide bonds. The molecule has 8 heteroatoms. The Bertz CT molecular complexity index is 1030. The lowest BCUT2D eigenvalue weighted by Crippen LogP contribution is -2.41. The lowest BCUT2D eigenvalue weighted by molar-refractivity contribution is -0.137. The van der Waals surface area contributed by atoms with Gasteiger partial charge in [0, 0.05) is 43.5 Å². The van der Waals surface area contributed by atoms with Crippen LogP contribution < -0.4 is 0 Å². The molecule has 30 heavy (non-hydrogen) atoms. The summed E-state index contributed by atoms with van der Waals surface area (Å²) >= 11 is 0. The number of nitrogens with zero attached hydrogens (tertiary/aromatic N) is 3. The number of rotatable bonds is 7. The van der Waals surface area contributed by atoms with Crippen LogP contribution in [-0.2, 0) is 22.4 Å². The minimum absolute atomic E-state index is 0.0149. The van der Waals surface area contributed by atoms with Crippen molar-refractivity contribution in [3.63, 3.8) is 0 Å². The summed E-state index contributed by atoms with van der Waals surface area (Å²) in [6.45, 7) is 1.92. The van der Waals surface area contributed by atoms with E-state index in [0.717, 1.165) is 5.56 Å². The highest BCUT2D eigenvalue weighted by atomic mass is 16.5. The van der Waals surface area contributed by atoms with E-state index in [4.69, 9.17) is 9.05 Å². The number of carbonyl (C=O) groups excluding carboxylic acids is 2. The summed E-state index contributed by atoms with van der Waals surface area (Å²) < 4.78 is 10.5. The average molecular weight is 409 g/mol. The van der Waals surface area contributed by atoms with Crippen molar-refractivity contribution in [2.24, 2.45) is 0 Å². The smallest absolute Gasteiger partial charge is 0.231 e. The number of benzene rings is 1. The molecule has 4 rings (SSSR count). The van der Waals surface area contributed by atoms with Gasteiger partial charge < -0.3 is 19.1 Å². The Balaban J connectivity index is 1.37. The van der Waals surface area contributed by atoms with Crippen molar-refractivity contribution in [3.05, 3.63) is 59.6 Å². The van der Waals surface area contributed by atoms with Crippen molar-refractivity contribution >= 4 is 11.7 Å². The van der Waals surface area contributed by atoms with Gasteiger partial charge in [-0.05, 0) is 6.92 Å². The van der Waals surface area contributed by atoms with Crippen LogP contribution in [-0.4, -0.2) is 50.7 Å². The highest BCUT2D eigenvalue weighted by molar-refractivity contribution is 5.90. The summed E-state index contributed by atoms with van der Waals surface area (Å²) in [5, 5.41) is 17.9. The first-order chi connectivity index (χ1) is 14.5. The molecular weight excluding hydrogens is 386 g/mol. The number of ketones is 1. The molecule has 1 fully saturated rings. The second kappa shape index (κ2) is 8.62. The molecule has 0 spiro atoms. The first-order valence-electron chi connectivity index (χ1n) is 9.93. The molecule has 1 aromatic carbocycles. The summed E-state index contributed by atoms with van der Waals surface area (Å²) in [6.07, 6.45) is 0.167. The molecule has 3 aromatic rings. The van der Waals surface area contributed by atoms with E-state index in [1.165, 1.54) is 4.90 Å². The number of aromatic nitrogens is 2. The lowest BCUT2D eigenvalue weighted by atomic mass is 10.0. The van der Waals surface area contributed by atoms with E-state index >= 15 is 0 Å². The number of hydrogen-bond acceptors (Lipinski definition) is 7. The van der Waals surface area contributed by atoms with Crippen LogP contribution in [0.1, 0.15) is 30.0 Å². The molecule has 2 aromatic heterocycles. The fraction of sp³-hybridized carbons (Fsp3) is 0.364. The maximum atomic E-state index is 12.8. The fourth-order valence-electron chi connectivity index (χ4n) is 3.73. The summed E-state index contributed by atoms with van der Waals surface area (Å²) in [6, 6.07) is 12.5. The van der Waals surface area contributed by atoms with Crippen LogP contribution in [0, 0.1) is 6.92 Å². The van der Waals surface area contributed by atoms with Crippen molar-refractivity contribution in [1.82, 2.24) is 15.2 Å².